The predicted octanol–water partition coefficient (Wildman–Crippen LogP) is 6.01. The zero-order valence-electron chi connectivity index (χ0n) is 13.6. The maximum absolute atomic E-state index is 13.7. The maximum atomic E-state index is 13.7. The van der Waals surface area contributed by atoms with Crippen molar-refractivity contribution in [3.63, 3.8) is 0 Å². The van der Waals surface area contributed by atoms with Gasteiger partial charge in [0.05, 0.1) is 0 Å². The first-order valence-electron chi connectivity index (χ1n) is 6.68. The fourth-order valence-corrected chi connectivity index (χ4v) is 2.16. The van der Waals surface area contributed by atoms with E-state index in [9.17, 15) is 83.4 Å². The monoisotopic (exact) mass is 512 g/mol. The van der Waals surface area contributed by atoms with Crippen LogP contribution < -0.4 is 0 Å². The van der Waals surface area contributed by atoms with Gasteiger partial charge in [0.1, 0.15) is 0 Å². The van der Waals surface area contributed by atoms with Crippen LogP contribution in [0.4, 0.5) is 83.4 Å². The second-order valence-corrected chi connectivity index (χ2v) is 5.88. The molecule has 0 aromatic carbocycles. The lowest BCUT2D eigenvalue weighted by Crippen LogP contribution is -2.75. The highest BCUT2D eigenvalue weighted by molar-refractivity contribution is 5.11. The lowest BCUT2D eigenvalue weighted by atomic mass is 10.1. The van der Waals surface area contributed by atoms with E-state index in [-0.39, 0.29) is 0 Å². The molecule has 0 aliphatic carbocycles. The molecular formula is C10H3F19N2. The molecule has 0 spiro atoms. The maximum Gasteiger partial charge on any atom is 0.469 e. The SMILES string of the molecule is CC(F)(F)C(F)(F)C(F)(F)N1C(F)(F)C(F)(F)N(C(F)(F)F)C(F)(F)C(F)(F)C1(F)F. The lowest BCUT2D eigenvalue weighted by molar-refractivity contribution is -0.488. The molecule has 1 aliphatic rings. The third-order valence-electron chi connectivity index (χ3n) is 3.70. The van der Waals surface area contributed by atoms with Crippen LogP contribution in [0.2, 0.25) is 0 Å². The molecule has 186 valence electrons. The van der Waals surface area contributed by atoms with Gasteiger partial charge in [0.25, 0.3) is 0 Å². The quantitative estimate of drug-likeness (QED) is 0.338. The molecule has 1 aliphatic heterocycles. The van der Waals surface area contributed by atoms with E-state index < -0.39 is 71.0 Å². The summed E-state index contributed by atoms with van der Waals surface area (Å²) in [6.45, 7) is -1.35. The number of hydrogen-bond donors (Lipinski definition) is 0. The summed E-state index contributed by atoms with van der Waals surface area (Å²) in [6.07, 6.45) is -7.83. The molecule has 0 amide bonds. The topological polar surface area (TPSA) is 6.48 Å². The Hall–Kier alpha value is -1.41. The van der Waals surface area contributed by atoms with Gasteiger partial charge in [0.15, 0.2) is 0 Å². The minimum atomic E-state index is -8.43. The molecule has 0 N–H and O–H groups in total. The zero-order valence-corrected chi connectivity index (χ0v) is 13.6. The van der Waals surface area contributed by atoms with E-state index in [0.29, 0.717) is 0 Å². The number of halogens is 19. The normalized spacial score (nSPS) is 27.1. The van der Waals surface area contributed by atoms with E-state index >= 15 is 0 Å². The highest BCUT2D eigenvalue weighted by Gasteiger charge is 2.96. The van der Waals surface area contributed by atoms with Gasteiger partial charge in [-0.25, -0.2) is 0 Å². The number of hydrogen-bond acceptors (Lipinski definition) is 2. The van der Waals surface area contributed by atoms with Gasteiger partial charge < -0.3 is 0 Å². The molecule has 1 fully saturated rings. The number of nitrogens with zero attached hydrogens (tertiary/aromatic N) is 2. The van der Waals surface area contributed by atoms with Gasteiger partial charge in [-0.15, -0.1) is 4.90 Å². The van der Waals surface area contributed by atoms with Crippen molar-refractivity contribution in [3.05, 3.63) is 0 Å². The van der Waals surface area contributed by atoms with E-state index in [1.165, 1.54) is 0 Å². The average Bonchev–Trinajstić information content (AvgIpc) is 2.42. The summed E-state index contributed by atoms with van der Waals surface area (Å²) in [5.74, 6) is -22.6. The van der Waals surface area contributed by atoms with Crippen LogP contribution in [-0.4, -0.2) is 64.1 Å². The van der Waals surface area contributed by atoms with Crippen LogP contribution >= 0.6 is 0 Å². The summed E-state index contributed by atoms with van der Waals surface area (Å²) in [5, 5.41) is 0. The van der Waals surface area contributed by atoms with E-state index in [2.05, 4.69) is 0 Å². The minimum absolute atomic E-state index is 1.35. The van der Waals surface area contributed by atoms with Crippen molar-refractivity contribution in [2.45, 2.75) is 61.2 Å². The third-order valence-corrected chi connectivity index (χ3v) is 3.70. The van der Waals surface area contributed by atoms with Gasteiger partial charge in [0, 0.05) is 6.92 Å². The fourth-order valence-electron chi connectivity index (χ4n) is 2.16. The minimum Gasteiger partial charge on any atom is -0.200 e. The van der Waals surface area contributed by atoms with Crippen LogP contribution in [0.5, 0.6) is 0 Å². The van der Waals surface area contributed by atoms with E-state index in [1.807, 2.05) is 0 Å². The van der Waals surface area contributed by atoms with Crippen molar-refractivity contribution in [2.75, 3.05) is 0 Å². The first-order valence-corrected chi connectivity index (χ1v) is 6.68. The van der Waals surface area contributed by atoms with Crippen molar-refractivity contribution < 1.29 is 83.4 Å². The Labute approximate surface area is 156 Å². The third kappa shape index (κ3) is 3.19. The van der Waals surface area contributed by atoms with Gasteiger partial charge >= 0.3 is 54.3 Å². The molecule has 1 rings (SSSR count). The van der Waals surface area contributed by atoms with Gasteiger partial charge in [-0.1, -0.05) is 4.90 Å². The average molecular weight is 512 g/mol. The van der Waals surface area contributed by atoms with E-state index in [4.69, 9.17) is 0 Å². The highest BCUT2D eigenvalue weighted by atomic mass is 19.4. The summed E-state index contributed by atoms with van der Waals surface area (Å²) in [7, 11) is 0. The molecule has 21 heteroatoms. The Bertz CT molecular complexity index is 699. The summed E-state index contributed by atoms with van der Waals surface area (Å²) in [4.78, 5) is -9.34. The highest BCUT2D eigenvalue weighted by Crippen LogP contribution is 2.66. The van der Waals surface area contributed by atoms with Crippen LogP contribution in [0, 0.1) is 0 Å². The first-order chi connectivity index (χ1) is 13.0. The Kier molecular flexibility index (Phi) is 5.65. The largest absolute Gasteiger partial charge is 0.469 e. The summed E-state index contributed by atoms with van der Waals surface area (Å²) in [5.41, 5.74) is 0. The van der Waals surface area contributed by atoms with Crippen LogP contribution in [0.1, 0.15) is 6.92 Å². The van der Waals surface area contributed by atoms with Gasteiger partial charge in [-0.05, 0) is 0 Å². The van der Waals surface area contributed by atoms with Crippen molar-refractivity contribution in [2.24, 2.45) is 0 Å². The molecule has 0 atom stereocenters. The zero-order chi connectivity index (χ0) is 25.7. The predicted molar refractivity (Wildman–Crippen MR) is 55.0 cm³/mol. The Morgan fingerprint density at radius 2 is 0.774 bits per heavy atom. The second-order valence-electron chi connectivity index (χ2n) is 5.88. The number of alkyl halides is 19. The standard InChI is InChI=1S/C10H3F19N2/c1-2(11,12)3(13,14)5(17,18)30-6(19,20)4(15,16)7(21,22)31(10(27,28)29)9(25,26)8(30,23)24/h1H3. The van der Waals surface area contributed by atoms with Crippen molar-refractivity contribution >= 4 is 0 Å². The van der Waals surface area contributed by atoms with E-state index in [0.717, 1.165) is 0 Å². The molecule has 0 aromatic heterocycles. The lowest BCUT2D eigenvalue weighted by Gasteiger charge is -2.45. The molecule has 0 saturated carbocycles. The van der Waals surface area contributed by atoms with Crippen molar-refractivity contribution in [1.29, 1.82) is 0 Å². The molecule has 0 bridgehead atoms. The summed E-state index contributed by atoms with van der Waals surface area (Å²) < 4.78 is 252. The Morgan fingerprint density at radius 1 is 0.484 bits per heavy atom. The first kappa shape index (κ1) is 27.6. The van der Waals surface area contributed by atoms with Gasteiger partial charge in [-0.3, -0.25) is 0 Å². The van der Waals surface area contributed by atoms with Crippen LogP contribution in [0.15, 0.2) is 0 Å². The van der Waals surface area contributed by atoms with Gasteiger partial charge in [-0.2, -0.15) is 83.4 Å². The Balaban J connectivity index is 4.21. The number of rotatable bonds is 3. The van der Waals surface area contributed by atoms with Crippen LogP contribution in [0.3, 0.4) is 0 Å². The van der Waals surface area contributed by atoms with Gasteiger partial charge in [0.2, 0.25) is 0 Å². The molecule has 0 unspecified atom stereocenters. The smallest absolute Gasteiger partial charge is 0.200 e. The van der Waals surface area contributed by atoms with Crippen molar-refractivity contribution in [1.82, 2.24) is 9.80 Å². The van der Waals surface area contributed by atoms with Crippen LogP contribution in [-0.2, 0) is 0 Å². The Morgan fingerprint density at radius 3 is 1.06 bits per heavy atom. The van der Waals surface area contributed by atoms with E-state index in [1.54, 1.807) is 0 Å². The molecular weight excluding hydrogens is 509 g/mol. The van der Waals surface area contributed by atoms with Crippen molar-refractivity contribution in [3.8, 4) is 0 Å². The summed E-state index contributed by atoms with van der Waals surface area (Å²) in [6, 6.07) is -41.6. The molecule has 0 aromatic rings. The molecule has 1 heterocycles. The molecule has 0 radical (unpaired) electrons. The summed E-state index contributed by atoms with van der Waals surface area (Å²) >= 11 is 0. The molecule has 1 saturated heterocycles. The molecule has 31 heavy (non-hydrogen) atoms. The molecule has 2 nitrogen and oxygen atoms in total. The van der Waals surface area contributed by atoms with Crippen LogP contribution in [0.25, 0.3) is 0 Å². The fraction of sp³-hybridized carbons (Fsp3) is 1.00. The second kappa shape index (κ2) is 6.34.